The van der Waals surface area contributed by atoms with Gasteiger partial charge in [0.25, 0.3) is 0 Å². The summed E-state index contributed by atoms with van der Waals surface area (Å²) in [6.07, 6.45) is 0. The molecule has 0 atom stereocenters. The van der Waals surface area contributed by atoms with E-state index in [9.17, 15) is 4.79 Å². The summed E-state index contributed by atoms with van der Waals surface area (Å²) >= 11 is 7.18. The van der Waals surface area contributed by atoms with Gasteiger partial charge < -0.3 is 9.64 Å². The molecule has 0 saturated carbocycles. The lowest BCUT2D eigenvalue weighted by atomic mass is 10.3. The van der Waals surface area contributed by atoms with Gasteiger partial charge in [0.1, 0.15) is 11.7 Å². The second-order valence-corrected chi connectivity index (χ2v) is 4.70. The van der Waals surface area contributed by atoms with Crippen molar-refractivity contribution in [1.82, 2.24) is 4.98 Å². The molecule has 4 nitrogen and oxygen atoms in total. The fraction of sp³-hybridized carbons (Fsp3) is 0.600. The molecule has 0 unspecified atom stereocenters. The Hall–Kier alpha value is -0.810. The average molecular weight is 263 g/mol. The highest BCUT2D eigenvalue weighted by Gasteiger charge is 2.18. The SMILES string of the molecule is CCOC(=O)CN(c1nc(Cl)cs1)C(C)C. The Bertz CT molecular complexity index is 354. The molecule has 1 heterocycles. The van der Waals surface area contributed by atoms with Gasteiger partial charge in [-0.1, -0.05) is 11.6 Å². The van der Waals surface area contributed by atoms with Crippen molar-refractivity contribution in [2.45, 2.75) is 26.8 Å². The lowest BCUT2D eigenvalue weighted by molar-refractivity contribution is -0.141. The van der Waals surface area contributed by atoms with Crippen LogP contribution in [0.2, 0.25) is 5.15 Å². The number of halogens is 1. The molecule has 0 saturated heterocycles. The van der Waals surface area contributed by atoms with Crippen LogP contribution in [0.5, 0.6) is 0 Å². The third-order valence-corrected chi connectivity index (χ3v) is 3.14. The van der Waals surface area contributed by atoms with Crippen molar-refractivity contribution in [1.29, 1.82) is 0 Å². The van der Waals surface area contributed by atoms with Crippen LogP contribution < -0.4 is 4.90 Å². The Morgan fingerprint density at radius 2 is 2.38 bits per heavy atom. The third kappa shape index (κ3) is 3.64. The van der Waals surface area contributed by atoms with Gasteiger partial charge in [-0.3, -0.25) is 4.79 Å². The maximum Gasteiger partial charge on any atom is 0.325 e. The van der Waals surface area contributed by atoms with E-state index in [1.807, 2.05) is 18.7 Å². The highest BCUT2D eigenvalue weighted by atomic mass is 35.5. The minimum absolute atomic E-state index is 0.173. The zero-order valence-corrected chi connectivity index (χ0v) is 11.1. The molecule has 1 rings (SSSR count). The van der Waals surface area contributed by atoms with Crippen LogP contribution in [0, 0.1) is 0 Å². The first-order valence-electron chi connectivity index (χ1n) is 5.08. The zero-order valence-electron chi connectivity index (χ0n) is 9.57. The maximum atomic E-state index is 11.4. The van der Waals surface area contributed by atoms with Crippen molar-refractivity contribution in [3.63, 3.8) is 0 Å². The largest absolute Gasteiger partial charge is 0.465 e. The van der Waals surface area contributed by atoms with E-state index in [2.05, 4.69) is 4.98 Å². The molecule has 0 aliphatic rings. The van der Waals surface area contributed by atoms with Crippen LogP contribution in [0.4, 0.5) is 5.13 Å². The number of hydrogen-bond acceptors (Lipinski definition) is 5. The van der Waals surface area contributed by atoms with Crippen LogP contribution in [0.15, 0.2) is 5.38 Å². The Labute approximate surface area is 104 Å². The predicted octanol–water partition coefficient (Wildman–Crippen LogP) is 2.57. The van der Waals surface area contributed by atoms with Crippen molar-refractivity contribution in [3.8, 4) is 0 Å². The van der Waals surface area contributed by atoms with Crippen molar-refractivity contribution in [2.24, 2.45) is 0 Å². The number of nitrogens with zero attached hydrogens (tertiary/aromatic N) is 2. The first-order chi connectivity index (χ1) is 7.54. The number of esters is 1. The van der Waals surface area contributed by atoms with Crippen LogP contribution in [-0.4, -0.2) is 30.1 Å². The number of carbonyl (C=O) groups is 1. The molecule has 0 amide bonds. The fourth-order valence-electron chi connectivity index (χ4n) is 1.19. The zero-order chi connectivity index (χ0) is 12.1. The molecular weight excluding hydrogens is 248 g/mol. The van der Waals surface area contributed by atoms with Gasteiger partial charge in [0.15, 0.2) is 5.13 Å². The Morgan fingerprint density at radius 3 is 2.81 bits per heavy atom. The molecule has 0 aliphatic heterocycles. The van der Waals surface area contributed by atoms with Crippen molar-refractivity contribution < 1.29 is 9.53 Å². The molecule has 1 aromatic rings. The van der Waals surface area contributed by atoms with Crippen molar-refractivity contribution in [3.05, 3.63) is 10.5 Å². The van der Waals surface area contributed by atoms with Crippen molar-refractivity contribution >= 4 is 34.0 Å². The second kappa shape index (κ2) is 6.06. The third-order valence-electron chi connectivity index (χ3n) is 1.94. The summed E-state index contributed by atoms with van der Waals surface area (Å²) < 4.78 is 4.91. The Morgan fingerprint density at radius 1 is 1.69 bits per heavy atom. The summed E-state index contributed by atoms with van der Waals surface area (Å²) in [4.78, 5) is 17.4. The van der Waals surface area contributed by atoms with Crippen LogP contribution in [0.1, 0.15) is 20.8 Å². The van der Waals surface area contributed by atoms with E-state index >= 15 is 0 Å². The lowest BCUT2D eigenvalue weighted by Crippen LogP contribution is -2.36. The molecule has 0 radical (unpaired) electrons. The second-order valence-electron chi connectivity index (χ2n) is 3.48. The first kappa shape index (κ1) is 13.3. The lowest BCUT2D eigenvalue weighted by Gasteiger charge is -2.24. The minimum atomic E-state index is -0.248. The van der Waals surface area contributed by atoms with Gasteiger partial charge >= 0.3 is 5.97 Å². The van der Waals surface area contributed by atoms with Gasteiger partial charge in [0.2, 0.25) is 0 Å². The number of anilines is 1. The number of aromatic nitrogens is 1. The van der Waals surface area contributed by atoms with E-state index in [0.29, 0.717) is 11.8 Å². The van der Waals surface area contributed by atoms with Gasteiger partial charge in [-0.25, -0.2) is 4.98 Å². The molecule has 16 heavy (non-hydrogen) atoms. The van der Waals surface area contributed by atoms with Gasteiger partial charge in [0.05, 0.1) is 6.61 Å². The molecule has 0 N–H and O–H groups in total. The maximum absolute atomic E-state index is 11.4. The number of thiazole rings is 1. The molecular formula is C10H15ClN2O2S. The number of rotatable bonds is 5. The quantitative estimate of drug-likeness (QED) is 0.765. The smallest absolute Gasteiger partial charge is 0.325 e. The van der Waals surface area contributed by atoms with Gasteiger partial charge in [-0.15, -0.1) is 11.3 Å². The van der Waals surface area contributed by atoms with Gasteiger partial charge in [-0.2, -0.15) is 0 Å². The van der Waals surface area contributed by atoms with E-state index in [0.717, 1.165) is 5.13 Å². The molecule has 90 valence electrons. The van der Waals surface area contributed by atoms with Gasteiger partial charge in [0, 0.05) is 11.4 Å². The van der Waals surface area contributed by atoms with Crippen LogP contribution in [-0.2, 0) is 9.53 Å². The summed E-state index contributed by atoms with van der Waals surface area (Å²) in [6, 6.07) is 0.173. The first-order valence-corrected chi connectivity index (χ1v) is 6.33. The van der Waals surface area contributed by atoms with E-state index in [-0.39, 0.29) is 18.6 Å². The van der Waals surface area contributed by atoms with E-state index in [4.69, 9.17) is 16.3 Å². The Balaban J connectivity index is 2.72. The summed E-state index contributed by atoms with van der Waals surface area (Å²) in [5, 5.41) is 2.94. The summed E-state index contributed by atoms with van der Waals surface area (Å²) in [7, 11) is 0. The number of hydrogen-bond donors (Lipinski definition) is 0. The topological polar surface area (TPSA) is 42.4 Å². The van der Waals surface area contributed by atoms with Crippen molar-refractivity contribution in [2.75, 3.05) is 18.1 Å². The molecule has 0 aromatic carbocycles. The number of ether oxygens (including phenoxy) is 1. The molecule has 1 aromatic heterocycles. The van der Waals surface area contributed by atoms with Crippen LogP contribution in [0.25, 0.3) is 0 Å². The fourth-order valence-corrected chi connectivity index (χ4v) is 2.28. The molecule has 0 aliphatic carbocycles. The molecule has 0 spiro atoms. The standard InChI is InChI=1S/C10H15ClN2O2S/c1-4-15-9(14)5-13(7(2)3)10-12-8(11)6-16-10/h6-7H,4-5H2,1-3H3. The highest BCUT2D eigenvalue weighted by Crippen LogP contribution is 2.24. The van der Waals surface area contributed by atoms with E-state index < -0.39 is 0 Å². The summed E-state index contributed by atoms with van der Waals surface area (Å²) in [5.74, 6) is -0.248. The molecule has 0 fully saturated rings. The van der Waals surface area contributed by atoms with Crippen LogP contribution in [0.3, 0.4) is 0 Å². The van der Waals surface area contributed by atoms with Crippen LogP contribution >= 0.6 is 22.9 Å². The predicted molar refractivity (Wildman–Crippen MR) is 66.2 cm³/mol. The molecule has 0 bridgehead atoms. The monoisotopic (exact) mass is 262 g/mol. The highest BCUT2D eigenvalue weighted by molar-refractivity contribution is 7.14. The van der Waals surface area contributed by atoms with E-state index in [1.54, 1.807) is 12.3 Å². The normalized spacial score (nSPS) is 10.6. The summed E-state index contributed by atoms with van der Waals surface area (Å²) in [6.45, 7) is 6.37. The van der Waals surface area contributed by atoms with E-state index in [1.165, 1.54) is 11.3 Å². The minimum Gasteiger partial charge on any atom is -0.465 e. The molecule has 6 heteroatoms. The van der Waals surface area contributed by atoms with Gasteiger partial charge in [-0.05, 0) is 20.8 Å². The Kier molecular flexibility index (Phi) is 5.02. The number of carbonyl (C=O) groups excluding carboxylic acids is 1. The summed E-state index contributed by atoms with van der Waals surface area (Å²) in [5.41, 5.74) is 0. The average Bonchev–Trinajstić information content (AvgIpc) is 2.61.